The van der Waals surface area contributed by atoms with Crippen LogP contribution in [0.4, 0.5) is 4.79 Å². The highest BCUT2D eigenvalue weighted by molar-refractivity contribution is 8.18. The number of thioether (sulfide) groups is 1. The van der Waals surface area contributed by atoms with E-state index in [0.717, 1.165) is 69.9 Å². The van der Waals surface area contributed by atoms with Gasteiger partial charge in [-0.3, -0.25) is 14.5 Å². The highest BCUT2D eigenvalue weighted by atomic mass is 32.2. The van der Waals surface area contributed by atoms with Crippen molar-refractivity contribution in [2.24, 2.45) is 0 Å². The minimum absolute atomic E-state index is 0.261. The lowest BCUT2D eigenvalue weighted by Gasteiger charge is -2.18. The Bertz CT molecular complexity index is 1210. The number of aryl methyl sites for hydroxylation is 2. The quantitative estimate of drug-likeness (QED) is 0.483. The second-order valence-electron chi connectivity index (χ2n) is 7.92. The Morgan fingerprint density at radius 3 is 2.69 bits per heavy atom. The van der Waals surface area contributed by atoms with Gasteiger partial charge in [0.15, 0.2) is 0 Å². The first-order chi connectivity index (χ1) is 15.3. The molecule has 1 fully saturated rings. The molecule has 3 heterocycles. The Kier molecular flexibility index (Phi) is 6.01. The monoisotopic (exact) mass is 469 g/mol. The molecule has 2 aromatic heterocycles. The van der Waals surface area contributed by atoms with E-state index in [-0.39, 0.29) is 4.91 Å². The summed E-state index contributed by atoms with van der Waals surface area (Å²) in [6.07, 6.45) is 5.88. The van der Waals surface area contributed by atoms with Gasteiger partial charge >= 0.3 is 5.97 Å². The van der Waals surface area contributed by atoms with Crippen molar-refractivity contribution in [3.05, 3.63) is 43.9 Å². The Morgan fingerprint density at radius 2 is 2.00 bits per heavy atom. The molecule has 166 valence electrons. The molecule has 1 aliphatic heterocycles. The van der Waals surface area contributed by atoms with Gasteiger partial charge in [0, 0.05) is 16.3 Å². The predicted molar refractivity (Wildman–Crippen MR) is 124 cm³/mol. The largest absolute Gasteiger partial charge is 0.467 e. The third-order valence-corrected chi connectivity index (χ3v) is 8.14. The van der Waals surface area contributed by atoms with Gasteiger partial charge in [-0.1, -0.05) is 0 Å². The Hall–Kier alpha value is -2.83. The Labute approximate surface area is 194 Å². The minimum atomic E-state index is -0.985. The molecule has 4 rings (SSSR count). The van der Waals surface area contributed by atoms with Crippen LogP contribution in [-0.4, -0.2) is 39.7 Å². The highest BCUT2D eigenvalue weighted by Gasteiger charge is 2.41. The summed E-state index contributed by atoms with van der Waals surface area (Å²) in [4.78, 5) is 39.6. The third-order valence-electron chi connectivity index (χ3n) is 5.98. The second kappa shape index (κ2) is 8.60. The average molecular weight is 470 g/mol. The Balaban J connectivity index is 1.73. The number of thiophene rings is 1. The van der Waals surface area contributed by atoms with Crippen molar-refractivity contribution in [2.75, 3.05) is 7.11 Å². The normalized spacial score (nSPS) is 18.1. The molecule has 2 aromatic rings. The molecule has 0 aromatic carbocycles. The van der Waals surface area contributed by atoms with Crippen molar-refractivity contribution in [3.8, 4) is 11.1 Å². The number of aromatic nitrogens is 1. The average Bonchev–Trinajstić information content (AvgIpc) is 3.37. The summed E-state index contributed by atoms with van der Waals surface area (Å²) in [7, 11) is 1.22. The van der Waals surface area contributed by atoms with E-state index >= 15 is 0 Å². The fraction of sp³-hybridized carbons (Fsp3) is 0.391. The molecule has 32 heavy (non-hydrogen) atoms. The first-order valence-electron chi connectivity index (χ1n) is 10.4. The maximum atomic E-state index is 12.8. The van der Waals surface area contributed by atoms with Crippen molar-refractivity contribution in [3.63, 3.8) is 0 Å². The molecule has 0 bridgehead atoms. The smallest absolute Gasteiger partial charge is 0.328 e. The number of nitriles is 1. The van der Waals surface area contributed by atoms with Crippen molar-refractivity contribution in [1.82, 2.24) is 9.47 Å². The van der Waals surface area contributed by atoms with E-state index in [0.29, 0.717) is 0 Å². The van der Waals surface area contributed by atoms with Crippen LogP contribution in [0, 0.1) is 25.2 Å². The van der Waals surface area contributed by atoms with Crippen LogP contribution >= 0.6 is 23.1 Å². The van der Waals surface area contributed by atoms with E-state index in [1.165, 1.54) is 24.5 Å². The van der Waals surface area contributed by atoms with E-state index in [2.05, 4.69) is 15.4 Å². The molecule has 0 spiro atoms. The van der Waals surface area contributed by atoms with Crippen molar-refractivity contribution in [2.45, 2.75) is 52.5 Å². The molecule has 0 radical (unpaired) electrons. The third kappa shape index (κ3) is 3.57. The SMILES string of the molecule is COC(=O)[C@@H](C)N1C(=O)S/C(=C/c2cc(C)n(-c3sc4c(c3C#N)CCCC4)c2C)C1=O. The zero-order valence-electron chi connectivity index (χ0n) is 18.4. The van der Waals surface area contributed by atoms with Gasteiger partial charge in [-0.15, -0.1) is 11.3 Å². The number of rotatable bonds is 4. The number of esters is 1. The van der Waals surface area contributed by atoms with E-state index in [1.807, 2.05) is 19.9 Å². The van der Waals surface area contributed by atoms with E-state index in [4.69, 9.17) is 0 Å². The molecule has 0 saturated carbocycles. The maximum Gasteiger partial charge on any atom is 0.328 e. The van der Waals surface area contributed by atoms with Crippen LogP contribution in [0.5, 0.6) is 0 Å². The van der Waals surface area contributed by atoms with Crippen molar-refractivity contribution >= 4 is 46.3 Å². The fourth-order valence-corrected chi connectivity index (χ4v) is 6.65. The van der Waals surface area contributed by atoms with Crippen LogP contribution < -0.4 is 0 Å². The minimum Gasteiger partial charge on any atom is -0.467 e. The molecule has 0 N–H and O–H groups in total. The number of carbonyl (C=O) groups is 3. The zero-order chi connectivity index (χ0) is 23.2. The molecule has 0 unspecified atom stereocenters. The van der Waals surface area contributed by atoms with Gasteiger partial charge in [-0.05, 0) is 81.5 Å². The number of fused-ring (bicyclic) bond motifs is 1. The van der Waals surface area contributed by atoms with Gasteiger partial charge in [0.05, 0.1) is 17.6 Å². The van der Waals surface area contributed by atoms with Gasteiger partial charge in [-0.25, -0.2) is 4.79 Å². The number of methoxy groups -OCH3 is 1. The molecule has 7 nitrogen and oxygen atoms in total. The van der Waals surface area contributed by atoms with E-state index in [9.17, 15) is 19.6 Å². The summed E-state index contributed by atoms with van der Waals surface area (Å²) in [5.41, 5.74) is 4.56. The molecule has 2 amide bonds. The van der Waals surface area contributed by atoms with Crippen LogP contribution in [-0.2, 0) is 27.2 Å². The molecule has 1 atom stereocenters. The summed E-state index contributed by atoms with van der Waals surface area (Å²) < 4.78 is 6.74. The number of ether oxygens (including phenoxy) is 1. The Morgan fingerprint density at radius 1 is 1.28 bits per heavy atom. The first-order valence-corrected chi connectivity index (χ1v) is 12.0. The molecule has 2 aliphatic rings. The topological polar surface area (TPSA) is 92.4 Å². The van der Waals surface area contributed by atoms with Gasteiger partial charge in [-0.2, -0.15) is 5.26 Å². The highest BCUT2D eigenvalue weighted by Crippen LogP contribution is 2.39. The number of hydrogen-bond donors (Lipinski definition) is 0. The lowest BCUT2D eigenvalue weighted by molar-refractivity contribution is -0.148. The van der Waals surface area contributed by atoms with Crippen molar-refractivity contribution < 1.29 is 19.1 Å². The molecule has 1 aliphatic carbocycles. The van der Waals surface area contributed by atoms with Crippen LogP contribution in [0.25, 0.3) is 11.1 Å². The summed E-state index contributed by atoms with van der Waals surface area (Å²) in [6.45, 7) is 5.38. The first kappa shape index (κ1) is 22.4. The van der Waals surface area contributed by atoms with Gasteiger partial charge in [0.25, 0.3) is 11.1 Å². The molecular formula is C23H23N3O4S2. The number of carbonyl (C=O) groups excluding carboxylic acids is 3. The fourth-order valence-electron chi connectivity index (χ4n) is 4.30. The number of nitrogens with zero attached hydrogens (tertiary/aromatic N) is 3. The second-order valence-corrected chi connectivity index (χ2v) is 9.99. The van der Waals surface area contributed by atoms with Crippen molar-refractivity contribution in [1.29, 1.82) is 5.26 Å². The molecule has 1 saturated heterocycles. The number of imide groups is 1. The summed E-state index contributed by atoms with van der Waals surface area (Å²) >= 11 is 2.48. The number of amides is 2. The van der Waals surface area contributed by atoms with Gasteiger partial charge < -0.3 is 9.30 Å². The molecular weight excluding hydrogens is 446 g/mol. The van der Waals surface area contributed by atoms with Gasteiger partial charge in [0.2, 0.25) is 0 Å². The van der Waals surface area contributed by atoms with Crippen LogP contribution in [0.1, 0.15) is 52.7 Å². The lowest BCUT2D eigenvalue weighted by atomic mass is 9.96. The standard InChI is InChI=1S/C23H23N3O4S2/c1-12-9-15(10-19-20(27)26(23(29)32-19)14(3)22(28)30-4)13(2)25(12)21-17(11-24)16-7-5-6-8-18(16)31-21/h9-10,14H,5-8H2,1-4H3/b19-10+/t14-/m1/s1. The summed E-state index contributed by atoms with van der Waals surface area (Å²) in [6, 6.07) is 3.37. The van der Waals surface area contributed by atoms with Crippen LogP contribution in [0.2, 0.25) is 0 Å². The van der Waals surface area contributed by atoms with Crippen LogP contribution in [0.15, 0.2) is 11.0 Å². The van der Waals surface area contributed by atoms with E-state index < -0.39 is 23.2 Å². The van der Waals surface area contributed by atoms with Crippen LogP contribution in [0.3, 0.4) is 0 Å². The maximum absolute atomic E-state index is 12.8. The van der Waals surface area contributed by atoms with Gasteiger partial charge in [0.1, 0.15) is 17.1 Å². The van der Waals surface area contributed by atoms with E-state index in [1.54, 1.807) is 17.4 Å². The summed E-state index contributed by atoms with van der Waals surface area (Å²) in [5.74, 6) is -1.15. The number of hydrogen-bond acceptors (Lipinski definition) is 7. The predicted octanol–water partition coefficient (Wildman–Crippen LogP) is 4.50. The summed E-state index contributed by atoms with van der Waals surface area (Å²) in [5, 5.41) is 10.3. The lowest BCUT2D eigenvalue weighted by Crippen LogP contribution is -2.42. The zero-order valence-corrected chi connectivity index (χ0v) is 20.0. The molecule has 9 heteroatoms.